The molecule has 0 N–H and O–H groups in total. The third-order valence-electron chi connectivity index (χ3n) is 2.90. The minimum Gasteiger partial charge on any atom is -0.374 e. The van der Waals surface area contributed by atoms with E-state index in [-0.39, 0.29) is 0 Å². The van der Waals surface area contributed by atoms with E-state index in [1.807, 2.05) is 44.0 Å². The Hall–Kier alpha value is -1.72. The molecule has 2 aromatic heterocycles. The fraction of sp³-hybridized carbons (Fsp3) is 0.400. The van der Waals surface area contributed by atoms with Crippen molar-refractivity contribution in [3.05, 3.63) is 46.6 Å². The quantitative estimate of drug-likeness (QED) is 0.768. The van der Waals surface area contributed by atoms with E-state index < -0.39 is 0 Å². The van der Waals surface area contributed by atoms with Crippen molar-refractivity contribution in [3.8, 4) is 0 Å². The maximum atomic E-state index is 6.05. The Bertz CT molecular complexity index is 606. The Balaban J connectivity index is 2.14. The number of anilines is 1. The first-order valence-corrected chi connectivity index (χ1v) is 7.21. The first-order chi connectivity index (χ1) is 10.1. The molecular formula is C15H19ClN4O. The van der Waals surface area contributed by atoms with Crippen molar-refractivity contribution in [1.29, 1.82) is 0 Å². The first-order valence-electron chi connectivity index (χ1n) is 6.83. The highest BCUT2D eigenvalue weighted by Crippen LogP contribution is 2.17. The van der Waals surface area contributed by atoms with Gasteiger partial charge in [0.1, 0.15) is 17.6 Å². The summed E-state index contributed by atoms with van der Waals surface area (Å²) in [4.78, 5) is 15.1. The van der Waals surface area contributed by atoms with E-state index in [1.165, 1.54) is 0 Å². The molecule has 0 atom stereocenters. The number of aromatic nitrogens is 3. The van der Waals surface area contributed by atoms with E-state index >= 15 is 0 Å². The lowest BCUT2D eigenvalue weighted by molar-refractivity contribution is 0.128. The van der Waals surface area contributed by atoms with Crippen molar-refractivity contribution in [2.45, 2.75) is 27.0 Å². The van der Waals surface area contributed by atoms with Crippen molar-refractivity contribution in [3.63, 3.8) is 0 Å². The minimum atomic E-state index is 0.362. The molecule has 0 unspecified atom stereocenters. The van der Waals surface area contributed by atoms with E-state index in [0.29, 0.717) is 30.7 Å². The minimum absolute atomic E-state index is 0.362. The van der Waals surface area contributed by atoms with E-state index in [2.05, 4.69) is 15.0 Å². The molecule has 112 valence electrons. The van der Waals surface area contributed by atoms with E-state index in [0.717, 1.165) is 17.2 Å². The van der Waals surface area contributed by atoms with Gasteiger partial charge in [0.15, 0.2) is 5.82 Å². The molecule has 0 aliphatic rings. The predicted octanol–water partition coefficient (Wildman–Crippen LogP) is 3.01. The molecule has 5 nitrogen and oxygen atoms in total. The van der Waals surface area contributed by atoms with Crippen molar-refractivity contribution in [2.75, 3.05) is 18.6 Å². The van der Waals surface area contributed by atoms with Gasteiger partial charge < -0.3 is 9.64 Å². The van der Waals surface area contributed by atoms with Crippen molar-refractivity contribution >= 4 is 17.4 Å². The van der Waals surface area contributed by atoms with Gasteiger partial charge in [0, 0.05) is 25.4 Å². The van der Waals surface area contributed by atoms with Crippen LogP contribution in [0.5, 0.6) is 0 Å². The van der Waals surface area contributed by atoms with Gasteiger partial charge in [0.2, 0.25) is 0 Å². The Morgan fingerprint density at radius 3 is 2.76 bits per heavy atom. The Morgan fingerprint density at radius 1 is 1.24 bits per heavy atom. The van der Waals surface area contributed by atoms with Crippen molar-refractivity contribution < 1.29 is 4.74 Å². The number of nitrogens with zero attached hydrogens (tertiary/aromatic N) is 4. The van der Waals surface area contributed by atoms with Gasteiger partial charge in [-0.1, -0.05) is 17.7 Å². The van der Waals surface area contributed by atoms with Crippen LogP contribution in [0.2, 0.25) is 5.15 Å². The predicted molar refractivity (Wildman–Crippen MR) is 83.5 cm³/mol. The summed E-state index contributed by atoms with van der Waals surface area (Å²) in [5.41, 5.74) is 1.98. The van der Waals surface area contributed by atoms with Crippen LogP contribution in [0.15, 0.2) is 24.3 Å². The van der Waals surface area contributed by atoms with E-state index in [4.69, 9.17) is 16.3 Å². The maximum absolute atomic E-state index is 6.05. The van der Waals surface area contributed by atoms with Crippen LogP contribution in [0.3, 0.4) is 0 Å². The van der Waals surface area contributed by atoms with Gasteiger partial charge in [0.25, 0.3) is 0 Å². The van der Waals surface area contributed by atoms with Crippen LogP contribution in [0, 0.1) is 6.92 Å². The number of aryl methyl sites for hydroxylation is 1. The second-order valence-corrected chi connectivity index (χ2v) is 5.12. The molecule has 2 heterocycles. The van der Waals surface area contributed by atoms with Gasteiger partial charge >= 0.3 is 0 Å². The lowest BCUT2D eigenvalue weighted by Gasteiger charge is -2.18. The van der Waals surface area contributed by atoms with Gasteiger partial charge in [-0.2, -0.15) is 0 Å². The molecule has 2 aromatic rings. The molecule has 2 rings (SSSR count). The zero-order chi connectivity index (χ0) is 15.2. The molecule has 0 amide bonds. The standard InChI is InChI=1S/C15H19ClN4O/c1-4-21-10-14-18-13(16)8-15(19-14)20(3)9-12-7-5-6-11(2)17-12/h5-8H,4,9-10H2,1-3H3. The number of ether oxygens (including phenoxy) is 1. The van der Waals surface area contributed by atoms with Gasteiger partial charge in [-0.05, 0) is 26.0 Å². The summed E-state index contributed by atoms with van der Waals surface area (Å²) in [5, 5.41) is 0.416. The number of rotatable bonds is 6. The second-order valence-electron chi connectivity index (χ2n) is 4.73. The molecular weight excluding hydrogens is 288 g/mol. The van der Waals surface area contributed by atoms with Gasteiger partial charge in [-0.15, -0.1) is 0 Å². The normalized spacial score (nSPS) is 10.7. The summed E-state index contributed by atoms with van der Waals surface area (Å²) in [6.07, 6.45) is 0. The molecule has 0 spiro atoms. The van der Waals surface area contributed by atoms with Crippen LogP contribution in [0.1, 0.15) is 24.1 Å². The molecule has 0 bridgehead atoms. The molecule has 6 heteroatoms. The lowest BCUT2D eigenvalue weighted by atomic mass is 10.3. The van der Waals surface area contributed by atoms with Gasteiger partial charge in [-0.25, -0.2) is 9.97 Å². The summed E-state index contributed by atoms with van der Waals surface area (Å²) in [5.74, 6) is 1.34. The van der Waals surface area contributed by atoms with Crippen molar-refractivity contribution in [1.82, 2.24) is 15.0 Å². The van der Waals surface area contributed by atoms with Crippen LogP contribution >= 0.6 is 11.6 Å². The topological polar surface area (TPSA) is 51.1 Å². The summed E-state index contributed by atoms with van der Waals surface area (Å²) in [6.45, 7) is 5.55. The first kappa shape index (κ1) is 15.7. The van der Waals surface area contributed by atoms with E-state index in [1.54, 1.807) is 6.07 Å². The van der Waals surface area contributed by atoms with E-state index in [9.17, 15) is 0 Å². The lowest BCUT2D eigenvalue weighted by Crippen LogP contribution is -2.19. The zero-order valence-corrected chi connectivity index (χ0v) is 13.3. The zero-order valence-electron chi connectivity index (χ0n) is 12.5. The molecule has 0 saturated heterocycles. The van der Waals surface area contributed by atoms with Crippen molar-refractivity contribution in [2.24, 2.45) is 0 Å². The highest BCUT2D eigenvalue weighted by atomic mass is 35.5. The second kappa shape index (κ2) is 7.33. The third-order valence-corrected chi connectivity index (χ3v) is 3.09. The molecule has 0 aromatic carbocycles. The monoisotopic (exact) mass is 306 g/mol. The fourth-order valence-electron chi connectivity index (χ4n) is 1.92. The number of hydrogen-bond donors (Lipinski definition) is 0. The Morgan fingerprint density at radius 2 is 2.05 bits per heavy atom. The average Bonchev–Trinajstić information content (AvgIpc) is 2.44. The number of halogens is 1. The fourth-order valence-corrected chi connectivity index (χ4v) is 2.11. The molecule has 0 aliphatic carbocycles. The van der Waals surface area contributed by atoms with Crippen LogP contribution in [-0.2, 0) is 17.9 Å². The largest absolute Gasteiger partial charge is 0.374 e. The number of pyridine rings is 1. The Kier molecular flexibility index (Phi) is 5.47. The van der Waals surface area contributed by atoms with Crippen LogP contribution in [0.4, 0.5) is 5.82 Å². The molecule has 21 heavy (non-hydrogen) atoms. The summed E-state index contributed by atoms with van der Waals surface area (Å²) < 4.78 is 5.33. The molecule has 0 radical (unpaired) electrons. The third kappa shape index (κ3) is 4.65. The smallest absolute Gasteiger partial charge is 0.158 e. The van der Waals surface area contributed by atoms with Crippen LogP contribution in [-0.4, -0.2) is 28.6 Å². The SMILES string of the molecule is CCOCc1nc(Cl)cc(N(C)Cc2cccc(C)n2)n1. The maximum Gasteiger partial charge on any atom is 0.158 e. The molecule has 0 saturated carbocycles. The van der Waals surface area contributed by atoms with Crippen LogP contribution in [0.25, 0.3) is 0 Å². The summed E-state index contributed by atoms with van der Waals surface area (Å²) in [6, 6.07) is 7.71. The average molecular weight is 307 g/mol. The van der Waals surface area contributed by atoms with Crippen LogP contribution < -0.4 is 4.90 Å². The highest BCUT2D eigenvalue weighted by Gasteiger charge is 2.09. The number of hydrogen-bond acceptors (Lipinski definition) is 5. The Labute approximate surface area is 130 Å². The summed E-state index contributed by atoms with van der Waals surface area (Å²) >= 11 is 6.05. The van der Waals surface area contributed by atoms with Gasteiger partial charge in [-0.3, -0.25) is 4.98 Å². The highest BCUT2D eigenvalue weighted by molar-refractivity contribution is 6.29. The molecule has 0 aliphatic heterocycles. The molecule has 0 fully saturated rings. The van der Waals surface area contributed by atoms with Gasteiger partial charge in [0.05, 0.1) is 12.2 Å². The summed E-state index contributed by atoms with van der Waals surface area (Å²) in [7, 11) is 1.95.